The van der Waals surface area contributed by atoms with Gasteiger partial charge in [-0.1, -0.05) is 12.1 Å². The fraction of sp³-hybridized carbons (Fsp3) is 0.333. The molecule has 1 amide bonds. The lowest BCUT2D eigenvalue weighted by Gasteiger charge is -2.12. The summed E-state index contributed by atoms with van der Waals surface area (Å²) in [7, 11) is -1.74. The number of hydrogen-bond acceptors (Lipinski definition) is 5. The molecule has 1 unspecified atom stereocenters. The van der Waals surface area contributed by atoms with Crippen molar-refractivity contribution in [2.24, 2.45) is 7.05 Å². The fourth-order valence-electron chi connectivity index (χ4n) is 3.49. The van der Waals surface area contributed by atoms with Gasteiger partial charge in [-0.25, -0.2) is 18.1 Å². The summed E-state index contributed by atoms with van der Waals surface area (Å²) >= 11 is 0. The van der Waals surface area contributed by atoms with Crippen LogP contribution in [-0.2, 0) is 28.4 Å². The van der Waals surface area contributed by atoms with E-state index in [2.05, 4.69) is 15.0 Å². The number of carbonyl (C=O) groups is 1. The van der Waals surface area contributed by atoms with Crippen molar-refractivity contribution in [1.29, 1.82) is 0 Å². The number of amides is 1. The molecular weight excluding hydrogens is 404 g/mol. The van der Waals surface area contributed by atoms with Gasteiger partial charge in [0.2, 0.25) is 10.0 Å². The molecule has 3 aromatic rings. The van der Waals surface area contributed by atoms with Crippen LogP contribution in [0.2, 0.25) is 0 Å². The standard InChI is InChI=1S/C21H24N4O4S/c1-25-19-7-3-2-6-18(19)24-20(25)14-22-21(26)15-8-10-17(11-9-15)30(27,28)23-13-16-5-4-12-29-16/h2-3,6-11,16,23H,4-5,12-14H2,1H3,(H,22,26). The van der Waals surface area contributed by atoms with Crippen molar-refractivity contribution < 1.29 is 17.9 Å². The average Bonchev–Trinajstić information content (AvgIpc) is 3.39. The average molecular weight is 429 g/mol. The molecule has 1 atom stereocenters. The van der Waals surface area contributed by atoms with Crippen molar-refractivity contribution >= 4 is 27.0 Å². The Morgan fingerprint density at radius 3 is 2.67 bits per heavy atom. The van der Waals surface area contributed by atoms with Gasteiger partial charge in [-0.15, -0.1) is 0 Å². The number of aryl methyl sites for hydroxylation is 1. The van der Waals surface area contributed by atoms with E-state index in [1.807, 2.05) is 35.9 Å². The Kier molecular flexibility index (Phi) is 5.85. The molecule has 0 saturated carbocycles. The molecule has 4 rings (SSSR count). The topological polar surface area (TPSA) is 102 Å². The zero-order valence-electron chi connectivity index (χ0n) is 16.7. The van der Waals surface area contributed by atoms with Crippen LogP contribution in [0.5, 0.6) is 0 Å². The smallest absolute Gasteiger partial charge is 0.251 e. The molecule has 0 radical (unpaired) electrons. The Balaban J connectivity index is 1.38. The number of para-hydroxylation sites is 2. The molecule has 1 fully saturated rings. The lowest BCUT2D eigenvalue weighted by Crippen LogP contribution is -2.31. The summed E-state index contributed by atoms with van der Waals surface area (Å²) in [6.45, 7) is 1.19. The first-order chi connectivity index (χ1) is 14.4. The van der Waals surface area contributed by atoms with E-state index in [0.29, 0.717) is 12.2 Å². The fourth-order valence-corrected chi connectivity index (χ4v) is 4.56. The highest BCUT2D eigenvalue weighted by Gasteiger charge is 2.20. The Bertz CT molecular complexity index is 1150. The minimum absolute atomic E-state index is 0.0763. The first-order valence-electron chi connectivity index (χ1n) is 9.84. The maximum absolute atomic E-state index is 12.5. The highest BCUT2D eigenvalue weighted by Crippen LogP contribution is 2.16. The van der Waals surface area contributed by atoms with Gasteiger partial charge in [0.1, 0.15) is 5.82 Å². The number of fused-ring (bicyclic) bond motifs is 1. The normalized spacial score (nSPS) is 16.8. The number of rotatable bonds is 7. The van der Waals surface area contributed by atoms with Crippen LogP contribution < -0.4 is 10.0 Å². The summed E-state index contributed by atoms with van der Waals surface area (Å²) in [6, 6.07) is 13.6. The Morgan fingerprint density at radius 1 is 1.20 bits per heavy atom. The van der Waals surface area contributed by atoms with Crippen LogP contribution in [0.1, 0.15) is 29.0 Å². The second-order valence-electron chi connectivity index (χ2n) is 7.27. The molecule has 158 valence electrons. The molecule has 1 aliphatic heterocycles. The minimum atomic E-state index is -3.64. The van der Waals surface area contributed by atoms with E-state index >= 15 is 0 Å². The quantitative estimate of drug-likeness (QED) is 0.599. The summed E-state index contributed by atoms with van der Waals surface area (Å²) < 4.78 is 34.8. The maximum Gasteiger partial charge on any atom is 0.251 e. The molecule has 8 nitrogen and oxygen atoms in total. The lowest BCUT2D eigenvalue weighted by atomic mass is 10.2. The third-order valence-corrected chi connectivity index (χ3v) is 6.68. The molecule has 2 aromatic carbocycles. The molecule has 9 heteroatoms. The van der Waals surface area contributed by atoms with Gasteiger partial charge < -0.3 is 14.6 Å². The Morgan fingerprint density at radius 2 is 1.97 bits per heavy atom. The third kappa shape index (κ3) is 4.38. The summed E-state index contributed by atoms with van der Waals surface area (Å²) in [4.78, 5) is 17.1. The molecule has 0 bridgehead atoms. The predicted molar refractivity (Wildman–Crippen MR) is 112 cm³/mol. The van der Waals surface area contributed by atoms with Crippen LogP contribution in [0.15, 0.2) is 53.4 Å². The zero-order chi connectivity index (χ0) is 21.1. The maximum atomic E-state index is 12.5. The van der Waals surface area contributed by atoms with Crippen molar-refractivity contribution in [2.75, 3.05) is 13.2 Å². The Labute approximate surface area is 175 Å². The summed E-state index contributed by atoms with van der Waals surface area (Å²) in [5.41, 5.74) is 2.24. The second-order valence-corrected chi connectivity index (χ2v) is 9.04. The molecule has 2 N–H and O–H groups in total. The number of nitrogens with zero attached hydrogens (tertiary/aromatic N) is 2. The van der Waals surface area contributed by atoms with Crippen molar-refractivity contribution in [3.8, 4) is 0 Å². The molecule has 1 saturated heterocycles. The van der Waals surface area contributed by atoms with Crippen LogP contribution in [0.4, 0.5) is 0 Å². The highest BCUT2D eigenvalue weighted by molar-refractivity contribution is 7.89. The highest BCUT2D eigenvalue weighted by atomic mass is 32.2. The van der Waals surface area contributed by atoms with Gasteiger partial charge in [-0.05, 0) is 49.2 Å². The van der Waals surface area contributed by atoms with Gasteiger partial charge in [0.15, 0.2) is 0 Å². The molecular formula is C21H24N4O4S. The molecule has 1 aromatic heterocycles. The first kappa shape index (κ1) is 20.5. The third-order valence-electron chi connectivity index (χ3n) is 5.24. The molecule has 2 heterocycles. The largest absolute Gasteiger partial charge is 0.377 e. The van der Waals surface area contributed by atoms with Gasteiger partial charge in [0.25, 0.3) is 5.91 Å². The van der Waals surface area contributed by atoms with Crippen molar-refractivity contribution in [3.63, 3.8) is 0 Å². The molecule has 1 aliphatic rings. The van der Waals surface area contributed by atoms with E-state index < -0.39 is 10.0 Å². The number of benzene rings is 2. The molecule has 0 aliphatic carbocycles. The number of carbonyl (C=O) groups excluding carboxylic acids is 1. The van der Waals surface area contributed by atoms with Gasteiger partial charge in [0.05, 0.1) is 28.6 Å². The summed E-state index contributed by atoms with van der Waals surface area (Å²) in [6.07, 6.45) is 1.73. The van der Waals surface area contributed by atoms with E-state index in [-0.39, 0.29) is 30.0 Å². The van der Waals surface area contributed by atoms with Gasteiger partial charge in [0, 0.05) is 25.8 Å². The molecule has 30 heavy (non-hydrogen) atoms. The van der Waals surface area contributed by atoms with Crippen LogP contribution in [0, 0.1) is 0 Å². The number of imidazole rings is 1. The zero-order valence-corrected chi connectivity index (χ0v) is 17.5. The van der Waals surface area contributed by atoms with E-state index in [4.69, 9.17) is 4.74 Å². The van der Waals surface area contributed by atoms with Crippen LogP contribution in [-0.4, -0.2) is 43.1 Å². The van der Waals surface area contributed by atoms with Crippen LogP contribution in [0.25, 0.3) is 11.0 Å². The minimum Gasteiger partial charge on any atom is -0.377 e. The van der Waals surface area contributed by atoms with Gasteiger partial charge in [-0.2, -0.15) is 0 Å². The molecule has 0 spiro atoms. The van der Waals surface area contributed by atoms with Crippen molar-refractivity contribution in [2.45, 2.75) is 30.4 Å². The van der Waals surface area contributed by atoms with E-state index in [1.54, 1.807) is 0 Å². The van der Waals surface area contributed by atoms with E-state index in [1.165, 1.54) is 24.3 Å². The van der Waals surface area contributed by atoms with Gasteiger partial charge >= 0.3 is 0 Å². The van der Waals surface area contributed by atoms with Crippen LogP contribution >= 0.6 is 0 Å². The number of nitrogens with one attached hydrogen (secondary N) is 2. The van der Waals surface area contributed by atoms with Gasteiger partial charge in [-0.3, -0.25) is 4.79 Å². The van der Waals surface area contributed by atoms with Crippen LogP contribution in [0.3, 0.4) is 0 Å². The number of hydrogen-bond donors (Lipinski definition) is 2. The van der Waals surface area contributed by atoms with Crippen molar-refractivity contribution in [1.82, 2.24) is 19.6 Å². The summed E-state index contributed by atoms with van der Waals surface area (Å²) in [5, 5.41) is 2.83. The summed E-state index contributed by atoms with van der Waals surface area (Å²) in [5.74, 6) is 0.445. The van der Waals surface area contributed by atoms with Crippen molar-refractivity contribution in [3.05, 3.63) is 59.9 Å². The number of sulfonamides is 1. The second kappa shape index (κ2) is 8.55. The Hall–Kier alpha value is -2.75. The monoisotopic (exact) mass is 428 g/mol. The SMILES string of the molecule is Cn1c(CNC(=O)c2ccc(S(=O)(=O)NCC3CCCO3)cc2)nc2ccccc21. The number of ether oxygens (including phenoxy) is 1. The van der Waals surface area contributed by atoms with E-state index in [9.17, 15) is 13.2 Å². The predicted octanol–water partition coefficient (Wildman–Crippen LogP) is 1.96. The van der Waals surface area contributed by atoms with E-state index in [0.717, 1.165) is 29.7 Å². The first-order valence-corrected chi connectivity index (χ1v) is 11.3. The number of aromatic nitrogens is 2. The lowest BCUT2D eigenvalue weighted by molar-refractivity contribution is 0.0949.